The van der Waals surface area contributed by atoms with Crippen LogP contribution in [0.5, 0.6) is 0 Å². The highest BCUT2D eigenvalue weighted by Crippen LogP contribution is 2.04. The molecule has 2 amide bonds. The van der Waals surface area contributed by atoms with E-state index in [-0.39, 0.29) is 11.8 Å². The fourth-order valence-electron chi connectivity index (χ4n) is 1.35. The second-order valence-electron chi connectivity index (χ2n) is 3.14. The molecule has 1 heterocycles. The highest BCUT2D eigenvalue weighted by atomic mass is 16.2. The molecular weight excluding hydrogens is 182 g/mol. The van der Waals surface area contributed by atoms with Gasteiger partial charge in [0.2, 0.25) is 11.8 Å². The van der Waals surface area contributed by atoms with Gasteiger partial charge in [-0.05, 0) is 6.92 Å². The Morgan fingerprint density at radius 3 is 3.14 bits per heavy atom. The zero-order valence-corrected chi connectivity index (χ0v) is 8.19. The molecule has 1 fully saturated rings. The Bertz CT molecular complexity index is 263. The summed E-state index contributed by atoms with van der Waals surface area (Å²) in [5.74, 6) is -0.261. The normalized spacial score (nSPS) is 22.6. The second kappa shape index (κ2) is 4.76. The molecule has 0 aromatic carbocycles. The number of rotatable bonds is 2. The zero-order valence-electron chi connectivity index (χ0n) is 8.19. The van der Waals surface area contributed by atoms with Gasteiger partial charge in [0, 0.05) is 25.7 Å². The number of carbonyl (C=O) groups excluding carboxylic acids is 2. The number of nitrogens with two attached hydrogens (primary N) is 1. The Morgan fingerprint density at radius 1 is 1.79 bits per heavy atom. The van der Waals surface area contributed by atoms with E-state index >= 15 is 0 Å². The first-order valence-electron chi connectivity index (χ1n) is 4.61. The monoisotopic (exact) mass is 197 g/mol. The molecule has 1 atom stereocenters. The molecule has 1 aliphatic rings. The van der Waals surface area contributed by atoms with E-state index < -0.39 is 6.04 Å². The SMILES string of the molecule is CC1C(=O)NCCN1C(=O)/C=C/CN. The first-order chi connectivity index (χ1) is 6.66. The smallest absolute Gasteiger partial charge is 0.247 e. The summed E-state index contributed by atoms with van der Waals surface area (Å²) in [6, 6.07) is -0.390. The highest BCUT2D eigenvalue weighted by molar-refractivity contribution is 5.93. The number of hydrogen-bond donors (Lipinski definition) is 2. The van der Waals surface area contributed by atoms with E-state index in [4.69, 9.17) is 5.73 Å². The molecule has 0 radical (unpaired) electrons. The van der Waals surface area contributed by atoms with Crippen molar-refractivity contribution >= 4 is 11.8 Å². The van der Waals surface area contributed by atoms with Gasteiger partial charge in [0.05, 0.1) is 0 Å². The van der Waals surface area contributed by atoms with Gasteiger partial charge in [0.25, 0.3) is 0 Å². The van der Waals surface area contributed by atoms with Crippen LogP contribution in [0.3, 0.4) is 0 Å². The molecule has 1 unspecified atom stereocenters. The molecule has 78 valence electrons. The van der Waals surface area contributed by atoms with Crippen LogP contribution in [0.2, 0.25) is 0 Å². The van der Waals surface area contributed by atoms with Crippen LogP contribution in [0.25, 0.3) is 0 Å². The largest absolute Gasteiger partial charge is 0.353 e. The van der Waals surface area contributed by atoms with Crippen molar-refractivity contribution in [1.29, 1.82) is 0 Å². The lowest BCUT2D eigenvalue weighted by molar-refractivity contribution is -0.139. The molecule has 0 bridgehead atoms. The summed E-state index contributed by atoms with van der Waals surface area (Å²) < 4.78 is 0. The lowest BCUT2D eigenvalue weighted by Gasteiger charge is -2.31. The summed E-state index contributed by atoms with van der Waals surface area (Å²) in [6.45, 7) is 3.12. The van der Waals surface area contributed by atoms with E-state index in [0.29, 0.717) is 19.6 Å². The fraction of sp³-hybridized carbons (Fsp3) is 0.556. The summed E-state index contributed by atoms with van der Waals surface area (Å²) in [4.78, 5) is 24.3. The minimum atomic E-state index is -0.390. The molecule has 0 saturated carbocycles. The van der Waals surface area contributed by atoms with Gasteiger partial charge in [-0.25, -0.2) is 0 Å². The van der Waals surface area contributed by atoms with Crippen molar-refractivity contribution in [1.82, 2.24) is 10.2 Å². The highest BCUT2D eigenvalue weighted by Gasteiger charge is 2.27. The van der Waals surface area contributed by atoms with Crippen LogP contribution in [0, 0.1) is 0 Å². The molecule has 1 rings (SSSR count). The van der Waals surface area contributed by atoms with Gasteiger partial charge in [-0.2, -0.15) is 0 Å². The van der Waals surface area contributed by atoms with Crippen LogP contribution in [-0.4, -0.2) is 42.4 Å². The Balaban J connectivity index is 2.62. The van der Waals surface area contributed by atoms with Crippen LogP contribution in [0.1, 0.15) is 6.92 Å². The van der Waals surface area contributed by atoms with E-state index in [9.17, 15) is 9.59 Å². The molecule has 14 heavy (non-hydrogen) atoms. The van der Waals surface area contributed by atoms with Crippen molar-refractivity contribution in [2.75, 3.05) is 19.6 Å². The van der Waals surface area contributed by atoms with Gasteiger partial charge in [-0.15, -0.1) is 0 Å². The predicted molar refractivity (Wildman–Crippen MR) is 52.4 cm³/mol. The molecule has 5 nitrogen and oxygen atoms in total. The number of amides is 2. The third-order valence-electron chi connectivity index (χ3n) is 2.18. The van der Waals surface area contributed by atoms with Crippen LogP contribution in [-0.2, 0) is 9.59 Å². The molecule has 1 aliphatic heterocycles. The molecule has 1 saturated heterocycles. The van der Waals surface area contributed by atoms with Crippen LogP contribution in [0.15, 0.2) is 12.2 Å². The van der Waals surface area contributed by atoms with Gasteiger partial charge in [0.15, 0.2) is 0 Å². The average molecular weight is 197 g/mol. The van der Waals surface area contributed by atoms with Crippen molar-refractivity contribution < 1.29 is 9.59 Å². The maximum atomic E-state index is 11.5. The average Bonchev–Trinajstić information content (AvgIpc) is 2.18. The van der Waals surface area contributed by atoms with E-state index in [2.05, 4.69) is 5.32 Å². The summed E-state index contributed by atoms with van der Waals surface area (Å²) in [5, 5.41) is 2.69. The predicted octanol–water partition coefficient (Wildman–Crippen LogP) is -1.15. The van der Waals surface area contributed by atoms with Gasteiger partial charge in [-0.3, -0.25) is 9.59 Å². The third-order valence-corrected chi connectivity index (χ3v) is 2.18. The van der Waals surface area contributed by atoms with Crippen molar-refractivity contribution in [3.05, 3.63) is 12.2 Å². The minimum Gasteiger partial charge on any atom is -0.353 e. The van der Waals surface area contributed by atoms with E-state index in [0.717, 1.165) is 0 Å². The summed E-state index contributed by atoms with van der Waals surface area (Å²) in [7, 11) is 0. The summed E-state index contributed by atoms with van der Waals surface area (Å²) >= 11 is 0. The van der Waals surface area contributed by atoms with Crippen LogP contribution in [0.4, 0.5) is 0 Å². The Morgan fingerprint density at radius 2 is 2.50 bits per heavy atom. The van der Waals surface area contributed by atoms with E-state index in [1.807, 2.05) is 0 Å². The Hall–Kier alpha value is -1.36. The van der Waals surface area contributed by atoms with E-state index in [1.165, 1.54) is 11.0 Å². The van der Waals surface area contributed by atoms with Crippen molar-refractivity contribution in [2.45, 2.75) is 13.0 Å². The molecule has 0 aliphatic carbocycles. The third kappa shape index (κ3) is 2.32. The first kappa shape index (κ1) is 10.7. The lowest BCUT2D eigenvalue weighted by Crippen LogP contribution is -2.55. The molecular formula is C9H15N3O2. The number of nitrogens with zero attached hydrogens (tertiary/aromatic N) is 1. The number of piperazine rings is 1. The standard InChI is InChI=1S/C9H15N3O2/c1-7-9(14)11-5-6-12(7)8(13)3-2-4-10/h2-3,7H,4-6,10H2,1H3,(H,11,14)/b3-2+. The van der Waals surface area contributed by atoms with Gasteiger partial charge in [0.1, 0.15) is 6.04 Å². The van der Waals surface area contributed by atoms with Gasteiger partial charge in [-0.1, -0.05) is 6.08 Å². The Labute approximate surface area is 82.9 Å². The summed E-state index contributed by atoms with van der Waals surface area (Å²) in [5.41, 5.74) is 5.23. The van der Waals surface area contributed by atoms with Crippen molar-refractivity contribution in [3.63, 3.8) is 0 Å². The van der Waals surface area contributed by atoms with Gasteiger partial charge >= 0.3 is 0 Å². The maximum absolute atomic E-state index is 11.5. The molecule has 5 heteroatoms. The minimum absolute atomic E-state index is 0.106. The van der Waals surface area contributed by atoms with Gasteiger partial charge < -0.3 is 16.0 Å². The van der Waals surface area contributed by atoms with Crippen molar-refractivity contribution in [2.24, 2.45) is 5.73 Å². The zero-order chi connectivity index (χ0) is 10.6. The lowest BCUT2D eigenvalue weighted by atomic mass is 10.2. The molecule has 3 N–H and O–H groups in total. The van der Waals surface area contributed by atoms with E-state index in [1.54, 1.807) is 13.0 Å². The first-order valence-corrected chi connectivity index (χ1v) is 4.61. The fourth-order valence-corrected chi connectivity index (χ4v) is 1.35. The number of carbonyl (C=O) groups is 2. The van der Waals surface area contributed by atoms with Crippen molar-refractivity contribution in [3.8, 4) is 0 Å². The molecule has 0 aromatic rings. The molecule has 0 aromatic heterocycles. The number of nitrogens with one attached hydrogen (secondary N) is 1. The second-order valence-corrected chi connectivity index (χ2v) is 3.14. The maximum Gasteiger partial charge on any atom is 0.247 e. The van der Waals surface area contributed by atoms with Crippen LogP contribution >= 0.6 is 0 Å². The topological polar surface area (TPSA) is 75.4 Å². The molecule has 0 spiro atoms. The summed E-state index contributed by atoms with van der Waals surface area (Å²) in [6.07, 6.45) is 3.00. The Kier molecular flexibility index (Phi) is 3.64. The number of hydrogen-bond acceptors (Lipinski definition) is 3. The quantitative estimate of drug-likeness (QED) is 0.549. The van der Waals surface area contributed by atoms with Crippen LogP contribution < -0.4 is 11.1 Å².